The topological polar surface area (TPSA) is 65.9 Å². The molecule has 6 nitrogen and oxygen atoms in total. The number of nitrogens with zero attached hydrogens (tertiary/aromatic N) is 4. The Balaban J connectivity index is 1.41. The molecule has 1 amide bonds. The molecule has 0 bridgehead atoms. The number of amides is 1. The first-order valence-corrected chi connectivity index (χ1v) is 13.5. The number of halogens is 3. The molecule has 4 rings (SSSR count). The van der Waals surface area contributed by atoms with Gasteiger partial charge in [-0.05, 0) is 55.8 Å². The standard InChI is InChI=1S/C23H25F3N4O2S2/c1-15(17-4-9-21-20(14-17)27-16(2)33-21)29-10-12-30(13-11-29)18-5-7-19(8-6-18)34(3,32)28-22(31)23(24,25)26/h4-9,14-15H,10-13H2,1-3H3. The number of carbonyl (C=O) groups is 1. The van der Waals surface area contributed by atoms with E-state index in [2.05, 4.69) is 44.3 Å². The minimum absolute atomic E-state index is 0.0915. The number of hydrogen-bond acceptors (Lipinski definition) is 6. The Hall–Kier alpha value is -2.50. The Kier molecular flexibility index (Phi) is 6.71. The van der Waals surface area contributed by atoms with Crippen LogP contribution >= 0.6 is 11.3 Å². The summed E-state index contributed by atoms with van der Waals surface area (Å²) < 4.78 is 54.1. The highest BCUT2D eigenvalue weighted by Crippen LogP contribution is 2.29. The lowest BCUT2D eigenvalue weighted by Gasteiger charge is -2.39. The summed E-state index contributed by atoms with van der Waals surface area (Å²) in [6.07, 6.45) is -4.10. The number of fused-ring (bicyclic) bond motifs is 1. The summed E-state index contributed by atoms with van der Waals surface area (Å²) in [6.45, 7) is 7.44. The SMILES string of the molecule is Cc1nc2cc(C(C)N3CCN(c4ccc(S(C)(=O)=NC(=O)C(F)(F)F)cc4)CC3)ccc2s1. The number of alkyl halides is 3. The van der Waals surface area contributed by atoms with Gasteiger partial charge in [-0.1, -0.05) is 6.07 Å². The molecule has 2 unspecified atom stereocenters. The highest BCUT2D eigenvalue weighted by atomic mass is 32.2. The van der Waals surface area contributed by atoms with Gasteiger partial charge >= 0.3 is 12.1 Å². The van der Waals surface area contributed by atoms with Crippen LogP contribution in [0.25, 0.3) is 10.2 Å². The zero-order valence-corrected chi connectivity index (χ0v) is 20.6. The van der Waals surface area contributed by atoms with Crippen molar-refractivity contribution in [2.24, 2.45) is 4.36 Å². The number of benzene rings is 2. The van der Waals surface area contributed by atoms with Crippen molar-refractivity contribution < 1.29 is 22.2 Å². The summed E-state index contributed by atoms with van der Waals surface area (Å²) in [5, 5.41) is 1.05. The number of piperazine rings is 1. The van der Waals surface area contributed by atoms with Crippen LogP contribution in [0.4, 0.5) is 18.9 Å². The van der Waals surface area contributed by atoms with E-state index in [0.29, 0.717) is 0 Å². The molecule has 1 saturated heterocycles. The number of aromatic nitrogens is 1. The van der Waals surface area contributed by atoms with Crippen LogP contribution in [-0.4, -0.2) is 58.6 Å². The van der Waals surface area contributed by atoms with Crippen LogP contribution in [0.2, 0.25) is 0 Å². The van der Waals surface area contributed by atoms with Crippen LogP contribution in [0.1, 0.15) is 23.5 Å². The molecule has 1 aromatic heterocycles. The van der Waals surface area contributed by atoms with E-state index in [1.54, 1.807) is 23.5 Å². The zero-order valence-electron chi connectivity index (χ0n) is 19.0. The summed E-state index contributed by atoms with van der Waals surface area (Å²) in [6, 6.07) is 13.1. The van der Waals surface area contributed by atoms with Gasteiger partial charge in [0.25, 0.3) is 0 Å². The molecule has 34 heavy (non-hydrogen) atoms. The van der Waals surface area contributed by atoms with Crippen molar-refractivity contribution >= 4 is 42.9 Å². The number of thiazole rings is 1. The third-order valence-corrected chi connectivity index (χ3v) is 8.61. The van der Waals surface area contributed by atoms with Crippen molar-refractivity contribution in [3.8, 4) is 0 Å². The van der Waals surface area contributed by atoms with Crippen LogP contribution in [0.5, 0.6) is 0 Å². The van der Waals surface area contributed by atoms with Gasteiger partial charge in [-0.25, -0.2) is 9.19 Å². The molecule has 0 spiro atoms. The first-order valence-electron chi connectivity index (χ1n) is 10.7. The van der Waals surface area contributed by atoms with Crippen molar-refractivity contribution in [3.63, 3.8) is 0 Å². The monoisotopic (exact) mass is 510 g/mol. The van der Waals surface area contributed by atoms with E-state index in [-0.39, 0.29) is 10.9 Å². The molecule has 1 fully saturated rings. The maximum Gasteiger partial charge on any atom is 0.474 e. The maximum absolute atomic E-state index is 12.6. The molecule has 0 saturated carbocycles. The van der Waals surface area contributed by atoms with Gasteiger partial charge in [0.05, 0.1) is 25.0 Å². The third-order valence-electron chi connectivity index (χ3n) is 6.00. The molecule has 2 aromatic carbocycles. The van der Waals surface area contributed by atoms with Crippen molar-refractivity contribution in [1.29, 1.82) is 0 Å². The predicted molar refractivity (Wildman–Crippen MR) is 129 cm³/mol. The number of anilines is 1. The molecule has 2 atom stereocenters. The van der Waals surface area contributed by atoms with Gasteiger partial charge in [-0.2, -0.15) is 13.2 Å². The van der Waals surface area contributed by atoms with Gasteiger partial charge < -0.3 is 4.90 Å². The lowest BCUT2D eigenvalue weighted by Crippen LogP contribution is -2.47. The average Bonchev–Trinajstić information content (AvgIpc) is 3.17. The number of aryl methyl sites for hydroxylation is 1. The second-order valence-electron chi connectivity index (χ2n) is 8.35. The third kappa shape index (κ3) is 5.26. The van der Waals surface area contributed by atoms with E-state index in [4.69, 9.17) is 0 Å². The van der Waals surface area contributed by atoms with Crippen LogP contribution in [0.15, 0.2) is 51.7 Å². The van der Waals surface area contributed by atoms with Crippen LogP contribution in [0.3, 0.4) is 0 Å². The molecule has 2 heterocycles. The lowest BCUT2D eigenvalue weighted by molar-refractivity contribution is -0.169. The molecule has 11 heteroatoms. The quantitative estimate of drug-likeness (QED) is 0.492. The highest BCUT2D eigenvalue weighted by molar-refractivity contribution is 7.93. The number of hydrogen-bond donors (Lipinski definition) is 0. The van der Waals surface area contributed by atoms with Gasteiger partial charge in [-0.3, -0.25) is 9.69 Å². The molecule has 1 aliphatic heterocycles. The summed E-state index contributed by atoms with van der Waals surface area (Å²) in [5.74, 6) is -2.33. The molecule has 1 aliphatic rings. The second-order valence-corrected chi connectivity index (χ2v) is 11.8. The Bertz CT molecular complexity index is 1320. The van der Waals surface area contributed by atoms with Crippen molar-refractivity contribution in [2.75, 3.05) is 37.3 Å². The first-order chi connectivity index (χ1) is 15.9. The summed E-state index contributed by atoms with van der Waals surface area (Å²) in [7, 11) is -3.48. The maximum atomic E-state index is 12.6. The smallest absolute Gasteiger partial charge is 0.369 e. The predicted octanol–water partition coefficient (Wildman–Crippen LogP) is 5.03. The van der Waals surface area contributed by atoms with E-state index in [1.165, 1.54) is 22.4 Å². The molecular weight excluding hydrogens is 485 g/mol. The highest BCUT2D eigenvalue weighted by Gasteiger charge is 2.39. The van der Waals surface area contributed by atoms with E-state index < -0.39 is 21.8 Å². The fraction of sp³-hybridized carbons (Fsp3) is 0.391. The van der Waals surface area contributed by atoms with Crippen molar-refractivity contribution in [3.05, 3.63) is 53.0 Å². The molecule has 3 aromatic rings. The van der Waals surface area contributed by atoms with E-state index >= 15 is 0 Å². The molecular formula is C23H25F3N4O2S2. The minimum Gasteiger partial charge on any atom is -0.369 e. The number of rotatable bonds is 4. The Morgan fingerprint density at radius 3 is 2.38 bits per heavy atom. The van der Waals surface area contributed by atoms with E-state index in [9.17, 15) is 22.2 Å². The largest absolute Gasteiger partial charge is 0.474 e. The van der Waals surface area contributed by atoms with Crippen molar-refractivity contribution in [1.82, 2.24) is 9.88 Å². The van der Waals surface area contributed by atoms with Gasteiger partial charge in [-0.15, -0.1) is 15.7 Å². The van der Waals surface area contributed by atoms with Crippen LogP contribution in [0, 0.1) is 6.92 Å². The summed E-state index contributed by atoms with van der Waals surface area (Å²) in [5.41, 5.74) is 3.14. The van der Waals surface area contributed by atoms with Gasteiger partial charge in [0, 0.05) is 49.1 Å². The molecule has 0 radical (unpaired) electrons. The Morgan fingerprint density at radius 2 is 1.76 bits per heavy atom. The molecule has 182 valence electrons. The van der Waals surface area contributed by atoms with Crippen LogP contribution in [-0.2, 0) is 14.5 Å². The Labute approximate surface area is 200 Å². The summed E-state index contributed by atoms with van der Waals surface area (Å²) >= 11 is 1.69. The normalized spacial score (nSPS) is 18.0. The molecule has 0 aliphatic carbocycles. The van der Waals surface area contributed by atoms with Crippen LogP contribution < -0.4 is 4.90 Å². The lowest BCUT2D eigenvalue weighted by atomic mass is 10.1. The average molecular weight is 511 g/mol. The fourth-order valence-corrected chi connectivity index (χ4v) is 6.04. The minimum atomic E-state index is -5.14. The van der Waals surface area contributed by atoms with E-state index in [1.807, 2.05) is 6.92 Å². The van der Waals surface area contributed by atoms with Crippen molar-refractivity contribution in [2.45, 2.75) is 31.0 Å². The second kappa shape index (κ2) is 9.27. The number of carbonyl (C=O) groups excluding carboxylic acids is 1. The summed E-state index contributed by atoms with van der Waals surface area (Å²) in [4.78, 5) is 20.4. The van der Waals surface area contributed by atoms with Gasteiger partial charge in [0.1, 0.15) is 0 Å². The first kappa shape index (κ1) is 24.6. The van der Waals surface area contributed by atoms with E-state index in [0.717, 1.165) is 48.6 Å². The van der Waals surface area contributed by atoms with Gasteiger partial charge in [0.2, 0.25) is 0 Å². The Morgan fingerprint density at radius 1 is 1.12 bits per heavy atom. The molecule has 0 N–H and O–H groups in total. The zero-order chi connectivity index (χ0) is 24.7. The fourth-order valence-electron chi connectivity index (χ4n) is 4.07. The van der Waals surface area contributed by atoms with Gasteiger partial charge in [0.15, 0.2) is 0 Å².